The summed E-state index contributed by atoms with van der Waals surface area (Å²) in [7, 11) is 0. The van der Waals surface area contributed by atoms with Crippen molar-refractivity contribution in [2.75, 3.05) is 0 Å². The average molecular weight is 336 g/mol. The van der Waals surface area contributed by atoms with E-state index >= 15 is 0 Å². The highest BCUT2D eigenvalue weighted by molar-refractivity contribution is 5.83. The van der Waals surface area contributed by atoms with Gasteiger partial charge in [-0.15, -0.1) is 0 Å². The molecule has 0 radical (unpaired) electrons. The summed E-state index contributed by atoms with van der Waals surface area (Å²) in [4.78, 5) is 22.5. The zero-order valence-corrected chi connectivity index (χ0v) is 14.8. The van der Waals surface area contributed by atoms with Crippen LogP contribution in [0.2, 0.25) is 0 Å². The molecule has 0 spiro atoms. The van der Waals surface area contributed by atoms with E-state index < -0.39 is 12.1 Å². The van der Waals surface area contributed by atoms with Gasteiger partial charge in [0.1, 0.15) is 5.78 Å². The Kier molecular flexibility index (Phi) is 10.3. The maximum Gasteiger partial charge on any atom is 0.303 e. The molecular formula is C20H32O4. The molecule has 0 amide bonds. The van der Waals surface area contributed by atoms with E-state index in [0.29, 0.717) is 25.0 Å². The number of carboxylic acids is 1. The highest BCUT2D eigenvalue weighted by atomic mass is 16.4. The van der Waals surface area contributed by atoms with Crippen LogP contribution in [0.3, 0.4) is 0 Å². The number of aliphatic hydroxyl groups is 1. The van der Waals surface area contributed by atoms with E-state index in [2.05, 4.69) is 6.92 Å². The lowest BCUT2D eigenvalue weighted by atomic mass is 9.91. The minimum absolute atomic E-state index is 0.0137. The van der Waals surface area contributed by atoms with Crippen LogP contribution in [-0.4, -0.2) is 28.1 Å². The monoisotopic (exact) mass is 336 g/mol. The second-order valence-electron chi connectivity index (χ2n) is 6.72. The van der Waals surface area contributed by atoms with E-state index in [-0.39, 0.29) is 18.3 Å². The predicted molar refractivity (Wildman–Crippen MR) is 95.8 cm³/mol. The molecule has 1 rings (SSSR count). The topological polar surface area (TPSA) is 74.6 Å². The summed E-state index contributed by atoms with van der Waals surface area (Å²) in [5.41, 5.74) is 0. The zero-order chi connectivity index (χ0) is 17.8. The van der Waals surface area contributed by atoms with Crippen LogP contribution in [0.15, 0.2) is 24.3 Å². The molecule has 1 saturated carbocycles. The number of carbonyl (C=O) groups is 2. The van der Waals surface area contributed by atoms with Gasteiger partial charge in [-0.2, -0.15) is 0 Å². The lowest BCUT2D eigenvalue weighted by Gasteiger charge is -2.13. The maximum absolute atomic E-state index is 12.0. The number of allylic oxidation sites excluding steroid dienone is 3. The van der Waals surface area contributed by atoms with Crippen molar-refractivity contribution >= 4 is 11.8 Å². The minimum atomic E-state index is -0.767. The largest absolute Gasteiger partial charge is 0.481 e. The van der Waals surface area contributed by atoms with Crippen LogP contribution in [0, 0.1) is 11.8 Å². The van der Waals surface area contributed by atoms with Crippen molar-refractivity contribution in [3.05, 3.63) is 24.3 Å². The molecule has 1 aliphatic rings. The van der Waals surface area contributed by atoms with Crippen molar-refractivity contribution < 1.29 is 19.8 Å². The molecule has 0 aromatic heterocycles. The van der Waals surface area contributed by atoms with Gasteiger partial charge in [-0.3, -0.25) is 9.59 Å². The number of ketones is 1. The van der Waals surface area contributed by atoms with Crippen LogP contribution >= 0.6 is 0 Å². The summed E-state index contributed by atoms with van der Waals surface area (Å²) < 4.78 is 0. The Labute approximate surface area is 145 Å². The van der Waals surface area contributed by atoms with Gasteiger partial charge in [0.15, 0.2) is 0 Å². The Morgan fingerprint density at radius 2 is 2.08 bits per heavy atom. The average Bonchev–Trinajstić information content (AvgIpc) is 2.89. The number of aliphatic carboxylic acids is 1. The number of hydrogen-bond donors (Lipinski definition) is 2. The van der Waals surface area contributed by atoms with Gasteiger partial charge in [-0.25, -0.2) is 0 Å². The quantitative estimate of drug-likeness (QED) is 0.412. The molecule has 136 valence electrons. The summed E-state index contributed by atoms with van der Waals surface area (Å²) in [6.07, 6.45) is 15.4. The SMILES string of the molecule is CCCCC[C@H](O)C=C[C@H]1CCC(=O)[C@@H]1CC=CCCCC(=O)O. The Bertz CT molecular complexity index is 439. The molecule has 24 heavy (non-hydrogen) atoms. The van der Waals surface area contributed by atoms with Crippen LogP contribution in [0.5, 0.6) is 0 Å². The third kappa shape index (κ3) is 8.44. The van der Waals surface area contributed by atoms with Gasteiger partial charge in [-0.1, -0.05) is 50.5 Å². The van der Waals surface area contributed by atoms with Gasteiger partial charge in [0.05, 0.1) is 6.10 Å². The minimum Gasteiger partial charge on any atom is -0.481 e. The fourth-order valence-corrected chi connectivity index (χ4v) is 3.17. The molecule has 0 aromatic rings. The fraction of sp³-hybridized carbons (Fsp3) is 0.700. The first-order valence-electron chi connectivity index (χ1n) is 9.30. The number of carbonyl (C=O) groups excluding carboxylic acids is 1. The second kappa shape index (κ2) is 12.0. The Hall–Kier alpha value is -1.42. The van der Waals surface area contributed by atoms with E-state index in [1.165, 1.54) is 0 Å². The molecule has 4 heteroatoms. The third-order valence-electron chi connectivity index (χ3n) is 4.66. The smallest absolute Gasteiger partial charge is 0.303 e. The van der Waals surface area contributed by atoms with E-state index in [0.717, 1.165) is 38.5 Å². The number of carboxylic acid groups (broad SMARTS) is 1. The van der Waals surface area contributed by atoms with Gasteiger partial charge in [0.25, 0.3) is 0 Å². The highest BCUT2D eigenvalue weighted by Gasteiger charge is 2.31. The van der Waals surface area contributed by atoms with Crippen LogP contribution in [0.1, 0.15) is 71.1 Å². The number of Topliss-reactive ketones (excluding diaryl/α,β-unsaturated/α-hetero) is 1. The first kappa shape index (κ1) is 20.6. The van der Waals surface area contributed by atoms with Crippen LogP contribution < -0.4 is 0 Å². The number of aliphatic hydroxyl groups excluding tert-OH is 1. The highest BCUT2D eigenvalue weighted by Crippen LogP contribution is 2.33. The molecule has 4 nitrogen and oxygen atoms in total. The van der Waals surface area contributed by atoms with Crippen molar-refractivity contribution in [3.8, 4) is 0 Å². The summed E-state index contributed by atoms with van der Waals surface area (Å²) >= 11 is 0. The van der Waals surface area contributed by atoms with Crippen molar-refractivity contribution in [1.29, 1.82) is 0 Å². The van der Waals surface area contributed by atoms with Gasteiger partial charge in [0, 0.05) is 18.8 Å². The Morgan fingerprint density at radius 3 is 2.79 bits per heavy atom. The summed E-state index contributed by atoms with van der Waals surface area (Å²) in [5.74, 6) is -0.223. The second-order valence-corrected chi connectivity index (χ2v) is 6.72. The van der Waals surface area contributed by atoms with Crippen LogP contribution in [0.4, 0.5) is 0 Å². The lowest BCUT2D eigenvalue weighted by Crippen LogP contribution is -2.13. The molecule has 2 N–H and O–H groups in total. The first-order valence-corrected chi connectivity index (χ1v) is 9.30. The summed E-state index contributed by atoms with van der Waals surface area (Å²) in [6, 6.07) is 0. The zero-order valence-electron chi connectivity index (χ0n) is 14.8. The molecular weight excluding hydrogens is 304 g/mol. The van der Waals surface area contributed by atoms with Gasteiger partial charge >= 0.3 is 5.97 Å². The lowest BCUT2D eigenvalue weighted by molar-refractivity contribution is -0.137. The molecule has 0 heterocycles. The van der Waals surface area contributed by atoms with E-state index in [9.17, 15) is 14.7 Å². The van der Waals surface area contributed by atoms with E-state index in [1.54, 1.807) is 0 Å². The molecule has 0 saturated heterocycles. The molecule has 3 atom stereocenters. The maximum atomic E-state index is 12.0. The van der Waals surface area contributed by atoms with Crippen molar-refractivity contribution in [2.24, 2.45) is 11.8 Å². The van der Waals surface area contributed by atoms with Gasteiger partial charge in [0.2, 0.25) is 0 Å². The molecule has 0 unspecified atom stereocenters. The normalized spacial score (nSPS) is 22.7. The molecule has 0 aromatic carbocycles. The molecule has 1 fully saturated rings. The number of rotatable bonds is 12. The van der Waals surface area contributed by atoms with Crippen LogP contribution in [0.25, 0.3) is 0 Å². The summed E-state index contributed by atoms with van der Waals surface area (Å²) in [6.45, 7) is 2.14. The Morgan fingerprint density at radius 1 is 1.29 bits per heavy atom. The van der Waals surface area contributed by atoms with Crippen LogP contribution in [-0.2, 0) is 9.59 Å². The summed E-state index contributed by atoms with van der Waals surface area (Å²) in [5, 5.41) is 18.6. The van der Waals surface area contributed by atoms with Crippen molar-refractivity contribution in [3.63, 3.8) is 0 Å². The van der Waals surface area contributed by atoms with Crippen molar-refractivity contribution in [2.45, 2.75) is 77.2 Å². The first-order chi connectivity index (χ1) is 11.5. The van der Waals surface area contributed by atoms with Crippen molar-refractivity contribution in [1.82, 2.24) is 0 Å². The number of unbranched alkanes of at least 4 members (excludes halogenated alkanes) is 3. The Balaban J connectivity index is 2.37. The fourth-order valence-electron chi connectivity index (χ4n) is 3.17. The van der Waals surface area contributed by atoms with Gasteiger partial charge in [-0.05, 0) is 38.0 Å². The predicted octanol–water partition coefficient (Wildman–Crippen LogP) is 4.28. The standard InChI is InChI=1S/C20H32O4/c1-2-3-6-9-17(21)14-12-16-13-15-19(22)18(16)10-7-4-5-8-11-20(23)24/h4,7,12,14,16-18,21H,2-3,5-6,8-11,13,15H2,1H3,(H,23,24)/t16-,17-,18+/m0/s1. The number of hydrogen-bond acceptors (Lipinski definition) is 3. The molecule has 0 aliphatic heterocycles. The van der Waals surface area contributed by atoms with Gasteiger partial charge < -0.3 is 10.2 Å². The molecule has 1 aliphatic carbocycles. The molecule has 0 bridgehead atoms. The third-order valence-corrected chi connectivity index (χ3v) is 4.66. The van der Waals surface area contributed by atoms with E-state index in [1.807, 2.05) is 24.3 Å². The van der Waals surface area contributed by atoms with E-state index in [4.69, 9.17) is 5.11 Å².